The van der Waals surface area contributed by atoms with Crippen molar-refractivity contribution in [2.24, 2.45) is 0 Å². The zero-order valence-electron chi connectivity index (χ0n) is 10.1. The third-order valence-electron chi connectivity index (χ3n) is 2.67. The van der Waals surface area contributed by atoms with Gasteiger partial charge in [0.1, 0.15) is 5.69 Å². The molecule has 0 fully saturated rings. The number of nitro benzene ring substituents is 1. The number of hydrogen-bond donors (Lipinski definition) is 1. The number of rotatable bonds is 6. The summed E-state index contributed by atoms with van der Waals surface area (Å²) in [6.07, 6.45) is 2.92. The quantitative estimate of drug-likeness (QED) is 0.612. The molecule has 5 heteroatoms. The lowest BCUT2D eigenvalue weighted by Crippen LogP contribution is -2.19. The van der Waals surface area contributed by atoms with Gasteiger partial charge in [0.25, 0.3) is 5.69 Å². The fourth-order valence-corrected chi connectivity index (χ4v) is 1.96. The van der Waals surface area contributed by atoms with Gasteiger partial charge >= 0.3 is 0 Å². The zero-order valence-corrected chi connectivity index (χ0v) is 10.8. The van der Waals surface area contributed by atoms with Gasteiger partial charge in [-0.1, -0.05) is 37.9 Å². The zero-order chi connectivity index (χ0) is 12.8. The molecule has 0 spiro atoms. The molecule has 0 radical (unpaired) electrons. The number of nitro groups is 1. The Hall–Kier alpha value is -1.29. The predicted octanol–water partition coefficient (Wildman–Crippen LogP) is 4.24. The highest BCUT2D eigenvalue weighted by molar-refractivity contribution is 6.33. The van der Waals surface area contributed by atoms with E-state index in [1.165, 1.54) is 6.07 Å². The topological polar surface area (TPSA) is 55.2 Å². The number of benzene rings is 1. The summed E-state index contributed by atoms with van der Waals surface area (Å²) >= 11 is 6.01. The molecule has 0 aliphatic carbocycles. The number of halogens is 1. The van der Waals surface area contributed by atoms with Crippen LogP contribution < -0.4 is 5.32 Å². The molecule has 0 aliphatic heterocycles. The van der Waals surface area contributed by atoms with Crippen molar-refractivity contribution in [3.8, 4) is 0 Å². The van der Waals surface area contributed by atoms with E-state index in [9.17, 15) is 10.1 Å². The van der Waals surface area contributed by atoms with Gasteiger partial charge < -0.3 is 5.32 Å². The van der Waals surface area contributed by atoms with E-state index in [2.05, 4.69) is 19.2 Å². The maximum absolute atomic E-state index is 10.9. The van der Waals surface area contributed by atoms with Gasteiger partial charge in [-0.05, 0) is 18.9 Å². The second-order valence-electron chi connectivity index (χ2n) is 3.93. The molecule has 0 bridgehead atoms. The number of para-hydroxylation sites is 1. The van der Waals surface area contributed by atoms with Crippen LogP contribution in [0, 0.1) is 10.1 Å². The first-order valence-electron chi connectivity index (χ1n) is 5.79. The third-order valence-corrected chi connectivity index (χ3v) is 2.98. The van der Waals surface area contributed by atoms with Crippen molar-refractivity contribution in [3.63, 3.8) is 0 Å². The molecule has 0 amide bonds. The Morgan fingerprint density at radius 2 is 2.18 bits per heavy atom. The molecule has 0 aliphatic rings. The van der Waals surface area contributed by atoms with E-state index < -0.39 is 4.92 Å². The van der Waals surface area contributed by atoms with E-state index in [0.717, 1.165) is 19.3 Å². The molecular formula is C12H17ClN2O2. The van der Waals surface area contributed by atoms with E-state index in [-0.39, 0.29) is 11.7 Å². The van der Waals surface area contributed by atoms with Gasteiger partial charge in [0.05, 0.1) is 9.95 Å². The standard InChI is InChI=1S/C12H17ClN2O2/c1-3-6-9(4-2)14-12-10(13)7-5-8-11(12)15(16)17/h5,7-9,14H,3-4,6H2,1-2H3. The first-order valence-corrected chi connectivity index (χ1v) is 6.17. The Balaban J connectivity index is 2.99. The Morgan fingerprint density at radius 1 is 1.47 bits per heavy atom. The molecule has 0 saturated heterocycles. The maximum atomic E-state index is 10.9. The number of nitrogens with one attached hydrogen (secondary N) is 1. The molecule has 1 unspecified atom stereocenters. The minimum absolute atomic E-state index is 0.0343. The summed E-state index contributed by atoms with van der Waals surface area (Å²) in [5.41, 5.74) is 0.464. The lowest BCUT2D eigenvalue weighted by molar-refractivity contribution is -0.384. The third kappa shape index (κ3) is 3.60. The summed E-state index contributed by atoms with van der Waals surface area (Å²) in [4.78, 5) is 10.5. The van der Waals surface area contributed by atoms with Gasteiger partial charge in [-0.2, -0.15) is 0 Å². The molecule has 1 atom stereocenters. The van der Waals surface area contributed by atoms with Crippen LogP contribution in [0.1, 0.15) is 33.1 Å². The average Bonchev–Trinajstić information content (AvgIpc) is 2.30. The van der Waals surface area contributed by atoms with Crippen LogP contribution in [-0.2, 0) is 0 Å². The highest BCUT2D eigenvalue weighted by Crippen LogP contribution is 2.33. The van der Waals surface area contributed by atoms with Crippen molar-refractivity contribution in [2.45, 2.75) is 39.2 Å². The lowest BCUT2D eigenvalue weighted by atomic mass is 10.1. The molecule has 0 saturated carbocycles. The predicted molar refractivity (Wildman–Crippen MR) is 70.7 cm³/mol. The summed E-state index contributed by atoms with van der Waals surface area (Å²) in [6, 6.07) is 4.94. The van der Waals surface area contributed by atoms with Gasteiger partial charge in [0, 0.05) is 12.1 Å². The van der Waals surface area contributed by atoms with Crippen LogP contribution in [-0.4, -0.2) is 11.0 Å². The van der Waals surface area contributed by atoms with E-state index >= 15 is 0 Å². The summed E-state index contributed by atoms with van der Waals surface area (Å²) in [5, 5.41) is 14.5. The van der Waals surface area contributed by atoms with Crippen molar-refractivity contribution in [1.82, 2.24) is 0 Å². The average molecular weight is 257 g/mol. The van der Waals surface area contributed by atoms with Crippen LogP contribution in [0.4, 0.5) is 11.4 Å². The number of anilines is 1. The van der Waals surface area contributed by atoms with Crippen LogP contribution in [0.2, 0.25) is 5.02 Å². The SMILES string of the molecule is CCCC(CC)Nc1c(Cl)cccc1[N+](=O)[O-]. The second-order valence-corrected chi connectivity index (χ2v) is 4.34. The van der Waals surface area contributed by atoms with Crippen LogP contribution >= 0.6 is 11.6 Å². The van der Waals surface area contributed by atoms with Gasteiger partial charge in [0.15, 0.2) is 0 Å². The summed E-state index contributed by atoms with van der Waals surface area (Å²) in [5.74, 6) is 0. The Labute approximate surface area is 106 Å². The van der Waals surface area contributed by atoms with Crippen molar-refractivity contribution in [1.29, 1.82) is 0 Å². The molecule has 0 aromatic heterocycles. The minimum Gasteiger partial charge on any atom is -0.376 e. The number of hydrogen-bond acceptors (Lipinski definition) is 3. The van der Waals surface area contributed by atoms with Crippen molar-refractivity contribution < 1.29 is 4.92 Å². The summed E-state index contributed by atoms with van der Waals surface area (Å²) < 4.78 is 0. The highest BCUT2D eigenvalue weighted by atomic mass is 35.5. The molecular weight excluding hydrogens is 240 g/mol. The first kappa shape index (κ1) is 13.8. The van der Waals surface area contributed by atoms with Gasteiger partial charge in [-0.25, -0.2) is 0 Å². The van der Waals surface area contributed by atoms with Gasteiger partial charge in [-0.3, -0.25) is 10.1 Å². The Bertz CT molecular complexity index is 396. The lowest BCUT2D eigenvalue weighted by Gasteiger charge is -2.18. The summed E-state index contributed by atoms with van der Waals surface area (Å²) in [7, 11) is 0. The van der Waals surface area contributed by atoms with Crippen molar-refractivity contribution in [3.05, 3.63) is 33.3 Å². The molecule has 94 valence electrons. The van der Waals surface area contributed by atoms with E-state index in [4.69, 9.17) is 11.6 Å². The fraction of sp³-hybridized carbons (Fsp3) is 0.500. The van der Waals surface area contributed by atoms with E-state index in [1.807, 2.05) is 0 Å². The first-order chi connectivity index (χ1) is 8.10. The number of nitrogens with zero attached hydrogens (tertiary/aromatic N) is 1. The second kappa shape index (κ2) is 6.45. The maximum Gasteiger partial charge on any atom is 0.293 e. The molecule has 1 rings (SSSR count). The fourth-order valence-electron chi connectivity index (χ4n) is 1.74. The van der Waals surface area contributed by atoms with Gasteiger partial charge in [-0.15, -0.1) is 0 Å². The molecule has 0 heterocycles. The molecule has 4 nitrogen and oxygen atoms in total. The Morgan fingerprint density at radius 3 is 2.71 bits per heavy atom. The molecule has 1 N–H and O–H groups in total. The van der Waals surface area contributed by atoms with Crippen LogP contribution in [0.15, 0.2) is 18.2 Å². The van der Waals surface area contributed by atoms with Gasteiger partial charge in [0.2, 0.25) is 0 Å². The highest BCUT2D eigenvalue weighted by Gasteiger charge is 2.18. The largest absolute Gasteiger partial charge is 0.376 e. The molecule has 1 aromatic carbocycles. The Kier molecular flexibility index (Phi) is 5.22. The van der Waals surface area contributed by atoms with Crippen molar-refractivity contribution in [2.75, 3.05) is 5.32 Å². The minimum atomic E-state index is -0.410. The smallest absolute Gasteiger partial charge is 0.293 e. The van der Waals surface area contributed by atoms with E-state index in [0.29, 0.717) is 10.7 Å². The molecule has 17 heavy (non-hydrogen) atoms. The van der Waals surface area contributed by atoms with Crippen LogP contribution in [0.3, 0.4) is 0 Å². The van der Waals surface area contributed by atoms with Crippen molar-refractivity contribution >= 4 is 23.0 Å². The van der Waals surface area contributed by atoms with Crippen LogP contribution in [0.5, 0.6) is 0 Å². The molecule has 1 aromatic rings. The monoisotopic (exact) mass is 256 g/mol. The summed E-state index contributed by atoms with van der Waals surface area (Å²) in [6.45, 7) is 4.14. The van der Waals surface area contributed by atoms with E-state index in [1.54, 1.807) is 12.1 Å². The van der Waals surface area contributed by atoms with Crippen LogP contribution in [0.25, 0.3) is 0 Å². The normalized spacial score (nSPS) is 12.2.